The molecule has 0 saturated heterocycles. The summed E-state index contributed by atoms with van der Waals surface area (Å²) in [7, 11) is 0. The molecule has 0 saturated carbocycles. The van der Waals surface area contributed by atoms with E-state index < -0.39 is 12.1 Å². The van der Waals surface area contributed by atoms with Gasteiger partial charge in [-0.25, -0.2) is 9.97 Å². The second-order valence-corrected chi connectivity index (χ2v) is 2.84. The third-order valence-corrected chi connectivity index (χ3v) is 1.83. The highest BCUT2D eigenvalue weighted by Crippen LogP contribution is 2.36. The standard InChI is InChI=1S/C8H10F3N3/c9-8(10,11)7(1-2-12)6-3-13-5-14-4-6/h3-5,7H,1-2,12H2. The van der Waals surface area contributed by atoms with Gasteiger partial charge in [0.15, 0.2) is 0 Å². The van der Waals surface area contributed by atoms with E-state index in [0.29, 0.717) is 0 Å². The van der Waals surface area contributed by atoms with E-state index in [9.17, 15) is 13.2 Å². The predicted octanol–water partition coefficient (Wildman–Crippen LogP) is 1.47. The van der Waals surface area contributed by atoms with Gasteiger partial charge in [0.05, 0.1) is 5.92 Å². The summed E-state index contributed by atoms with van der Waals surface area (Å²) in [6.45, 7) is -0.0148. The summed E-state index contributed by atoms with van der Waals surface area (Å²) in [5.74, 6) is -1.56. The van der Waals surface area contributed by atoms with E-state index in [0.717, 1.165) is 0 Å². The highest BCUT2D eigenvalue weighted by Gasteiger charge is 2.40. The second kappa shape index (κ2) is 4.36. The predicted molar refractivity (Wildman–Crippen MR) is 44.5 cm³/mol. The van der Waals surface area contributed by atoms with E-state index in [1.54, 1.807) is 0 Å². The molecule has 0 aliphatic rings. The molecule has 3 nitrogen and oxygen atoms in total. The van der Waals surface area contributed by atoms with Gasteiger partial charge in [-0.3, -0.25) is 0 Å². The molecule has 0 radical (unpaired) electrons. The lowest BCUT2D eigenvalue weighted by molar-refractivity contribution is -0.151. The third-order valence-electron chi connectivity index (χ3n) is 1.83. The summed E-state index contributed by atoms with van der Waals surface area (Å²) >= 11 is 0. The van der Waals surface area contributed by atoms with Crippen molar-refractivity contribution < 1.29 is 13.2 Å². The topological polar surface area (TPSA) is 51.8 Å². The van der Waals surface area contributed by atoms with Gasteiger partial charge in [0.25, 0.3) is 0 Å². The highest BCUT2D eigenvalue weighted by atomic mass is 19.4. The maximum atomic E-state index is 12.5. The summed E-state index contributed by atoms with van der Waals surface area (Å²) < 4.78 is 37.4. The fourth-order valence-corrected chi connectivity index (χ4v) is 1.18. The Morgan fingerprint density at radius 2 is 1.86 bits per heavy atom. The fraction of sp³-hybridized carbons (Fsp3) is 0.500. The Kier molecular flexibility index (Phi) is 3.40. The van der Waals surface area contributed by atoms with Crippen molar-refractivity contribution in [3.05, 3.63) is 24.3 Å². The average Bonchev–Trinajstić information content (AvgIpc) is 2.14. The molecule has 1 rings (SSSR count). The van der Waals surface area contributed by atoms with Gasteiger partial charge >= 0.3 is 6.18 Å². The van der Waals surface area contributed by atoms with E-state index in [4.69, 9.17) is 5.73 Å². The van der Waals surface area contributed by atoms with Crippen LogP contribution in [0.25, 0.3) is 0 Å². The number of aromatic nitrogens is 2. The zero-order valence-electron chi connectivity index (χ0n) is 7.33. The summed E-state index contributed by atoms with van der Waals surface area (Å²) in [5, 5.41) is 0. The maximum absolute atomic E-state index is 12.5. The van der Waals surface area contributed by atoms with Gasteiger partial charge in [-0.05, 0) is 13.0 Å². The van der Waals surface area contributed by atoms with Crippen LogP contribution in [-0.4, -0.2) is 22.7 Å². The molecule has 1 aromatic heterocycles. The van der Waals surface area contributed by atoms with Crippen molar-refractivity contribution in [2.75, 3.05) is 6.54 Å². The van der Waals surface area contributed by atoms with Crippen LogP contribution >= 0.6 is 0 Å². The van der Waals surface area contributed by atoms with Crippen molar-refractivity contribution in [1.29, 1.82) is 0 Å². The van der Waals surface area contributed by atoms with Crippen LogP contribution < -0.4 is 5.73 Å². The number of alkyl halides is 3. The Morgan fingerprint density at radius 1 is 1.29 bits per heavy atom. The molecule has 2 N–H and O–H groups in total. The van der Waals surface area contributed by atoms with E-state index in [1.165, 1.54) is 18.7 Å². The van der Waals surface area contributed by atoms with Crippen LogP contribution in [0.1, 0.15) is 17.9 Å². The Balaban J connectivity index is 2.89. The minimum atomic E-state index is -4.29. The fourth-order valence-electron chi connectivity index (χ4n) is 1.18. The summed E-state index contributed by atoms with van der Waals surface area (Å²) in [6.07, 6.45) is -0.901. The van der Waals surface area contributed by atoms with Gasteiger partial charge in [-0.2, -0.15) is 13.2 Å². The molecule has 1 aromatic rings. The van der Waals surface area contributed by atoms with Gasteiger partial charge in [-0.1, -0.05) is 0 Å². The number of hydrogen-bond donors (Lipinski definition) is 1. The van der Waals surface area contributed by atoms with Gasteiger partial charge in [0.2, 0.25) is 0 Å². The van der Waals surface area contributed by atoms with E-state index in [2.05, 4.69) is 9.97 Å². The first-order chi connectivity index (χ1) is 6.55. The van der Waals surface area contributed by atoms with Gasteiger partial charge < -0.3 is 5.73 Å². The lowest BCUT2D eigenvalue weighted by atomic mass is 9.98. The van der Waals surface area contributed by atoms with Gasteiger partial charge in [-0.15, -0.1) is 0 Å². The Bertz CT molecular complexity index is 273. The first kappa shape index (κ1) is 10.9. The van der Waals surface area contributed by atoms with Crippen LogP contribution in [0.4, 0.5) is 13.2 Å². The molecule has 78 valence electrons. The smallest absolute Gasteiger partial charge is 0.330 e. The summed E-state index contributed by atoms with van der Waals surface area (Å²) in [4.78, 5) is 7.10. The first-order valence-electron chi connectivity index (χ1n) is 4.07. The number of rotatable bonds is 3. The molecule has 0 bridgehead atoms. The van der Waals surface area contributed by atoms with Crippen molar-refractivity contribution in [1.82, 2.24) is 9.97 Å². The molecule has 0 fully saturated rings. The minimum absolute atomic E-state index is 0.0148. The number of nitrogens with two attached hydrogens (primary N) is 1. The zero-order valence-corrected chi connectivity index (χ0v) is 7.33. The number of halogens is 3. The Labute approximate surface area is 79.2 Å². The molecule has 1 atom stereocenters. The van der Waals surface area contributed by atoms with E-state index in [-0.39, 0.29) is 18.5 Å². The largest absolute Gasteiger partial charge is 0.395 e. The van der Waals surface area contributed by atoms with Crippen molar-refractivity contribution in [3.8, 4) is 0 Å². The molecule has 0 spiro atoms. The molecule has 1 heterocycles. The molecular weight excluding hydrogens is 195 g/mol. The minimum Gasteiger partial charge on any atom is -0.330 e. The second-order valence-electron chi connectivity index (χ2n) is 2.84. The van der Waals surface area contributed by atoms with Crippen LogP contribution in [0.3, 0.4) is 0 Å². The van der Waals surface area contributed by atoms with Crippen LogP contribution in [-0.2, 0) is 0 Å². The number of nitrogens with zero attached hydrogens (tertiary/aromatic N) is 2. The van der Waals surface area contributed by atoms with Crippen LogP contribution in [0.15, 0.2) is 18.7 Å². The molecule has 14 heavy (non-hydrogen) atoms. The molecule has 1 unspecified atom stereocenters. The van der Waals surface area contributed by atoms with Gasteiger partial charge in [0, 0.05) is 18.0 Å². The van der Waals surface area contributed by atoms with Crippen molar-refractivity contribution in [2.24, 2.45) is 5.73 Å². The lowest BCUT2D eigenvalue weighted by Gasteiger charge is -2.18. The van der Waals surface area contributed by atoms with Crippen LogP contribution in [0.2, 0.25) is 0 Å². The van der Waals surface area contributed by atoms with Crippen molar-refractivity contribution in [2.45, 2.75) is 18.5 Å². The van der Waals surface area contributed by atoms with Gasteiger partial charge in [0.1, 0.15) is 6.33 Å². The molecule has 0 aliphatic carbocycles. The molecule has 0 aromatic carbocycles. The molecule has 0 aliphatic heterocycles. The Hall–Kier alpha value is -1.17. The third kappa shape index (κ3) is 2.66. The zero-order chi connectivity index (χ0) is 10.6. The number of hydrogen-bond acceptors (Lipinski definition) is 3. The van der Waals surface area contributed by atoms with E-state index >= 15 is 0 Å². The summed E-state index contributed by atoms with van der Waals surface area (Å²) in [5.41, 5.74) is 5.18. The summed E-state index contributed by atoms with van der Waals surface area (Å²) in [6, 6.07) is 0. The average molecular weight is 205 g/mol. The molecule has 6 heteroatoms. The first-order valence-corrected chi connectivity index (χ1v) is 4.07. The van der Waals surface area contributed by atoms with Crippen molar-refractivity contribution in [3.63, 3.8) is 0 Å². The maximum Gasteiger partial charge on any atom is 0.395 e. The molecular formula is C8H10F3N3. The lowest BCUT2D eigenvalue weighted by Crippen LogP contribution is -2.23. The highest BCUT2D eigenvalue weighted by molar-refractivity contribution is 5.12. The van der Waals surface area contributed by atoms with E-state index in [1.807, 2.05) is 0 Å². The van der Waals surface area contributed by atoms with Crippen LogP contribution in [0, 0.1) is 0 Å². The Morgan fingerprint density at radius 3 is 2.29 bits per heavy atom. The SMILES string of the molecule is NCCC(c1cncnc1)C(F)(F)F. The molecule has 0 amide bonds. The van der Waals surface area contributed by atoms with Crippen molar-refractivity contribution >= 4 is 0 Å². The monoisotopic (exact) mass is 205 g/mol. The van der Waals surface area contributed by atoms with Crippen LogP contribution in [0.5, 0.6) is 0 Å². The quantitative estimate of drug-likeness (QED) is 0.812. The normalized spacial score (nSPS) is 14.0.